The fourth-order valence-corrected chi connectivity index (χ4v) is 2.50. The molecule has 0 amide bonds. The van der Waals surface area contributed by atoms with Gasteiger partial charge in [-0.15, -0.1) is 11.3 Å². The van der Waals surface area contributed by atoms with Crippen LogP contribution >= 0.6 is 11.3 Å². The molecule has 0 saturated heterocycles. The van der Waals surface area contributed by atoms with E-state index in [9.17, 15) is 0 Å². The minimum atomic E-state index is 0.568. The van der Waals surface area contributed by atoms with E-state index in [1.54, 1.807) is 25.6 Å². The van der Waals surface area contributed by atoms with E-state index in [4.69, 9.17) is 9.47 Å². The number of hydrogen-bond donors (Lipinski definition) is 1. The summed E-state index contributed by atoms with van der Waals surface area (Å²) in [6, 6.07) is 0. The Bertz CT molecular complexity index is 326. The number of ether oxygens (including phenoxy) is 2. The standard InChI is InChI=1S/C12H22N2O2S/c1-9(2)5-13-6-11-10(7-15-3)14-12(17-11)8-16-4/h9,13H,5-8H2,1-4H3. The average molecular weight is 258 g/mol. The Labute approximate surface area is 107 Å². The monoisotopic (exact) mass is 258 g/mol. The van der Waals surface area contributed by atoms with Gasteiger partial charge in [-0.05, 0) is 12.5 Å². The van der Waals surface area contributed by atoms with Crippen LogP contribution in [0.3, 0.4) is 0 Å². The molecule has 0 saturated carbocycles. The quantitative estimate of drug-likeness (QED) is 0.776. The van der Waals surface area contributed by atoms with Crippen LogP contribution in [-0.2, 0) is 29.2 Å². The maximum atomic E-state index is 5.16. The summed E-state index contributed by atoms with van der Waals surface area (Å²) in [5, 5.41) is 4.44. The van der Waals surface area contributed by atoms with Crippen LogP contribution in [0.1, 0.15) is 29.4 Å². The highest BCUT2D eigenvalue weighted by Crippen LogP contribution is 2.20. The van der Waals surface area contributed by atoms with Crippen LogP contribution < -0.4 is 5.32 Å². The van der Waals surface area contributed by atoms with Crippen molar-refractivity contribution >= 4 is 11.3 Å². The van der Waals surface area contributed by atoms with Gasteiger partial charge in [-0.1, -0.05) is 13.8 Å². The summed E-state index contributed by atoms with van der Waals surface area (Å²) in [6.45, 7) is 7.42. The molecule has 1 N–H and O–H groups in total. The number of thiazole rings is 1. The molecule has 98 valence electrons. The lowest BCUT2D eigenvalue weighted by atomic mass is 10.2. The highest BCUT2D eigenvalue weighted by atomic mass is 32.1. The van der Waals surface area contributed by atoms with Gasteiger partial charge in [0.05, 0.1) is 18.9 Å². The zero-order chi connectivity index (χ0) is 12.7. The first-order valence-corrected chi connectivity index (χ1v) is 6.65. The molecule has 5 heteroatoms. The number of aromatic nitrogens is 1. The molecule has 1 rings (SSSR count). The summed E-state index contributed by atoms with van der Waals surface area (Å²) in [5.41, 5.74) is 1.03. The lowest BCUT2D eigenvalue weighted by Crippen LogP contribution is -2.19. The third-order valence-corrected chi connectivity index (χ3v) is 3.28. The second-order valence-corrected chi connectivity index (χ2v) is 5.54. The summed E-state index contributed by atoms with van der Waals surface area (Å²) in [6.07, 6.45) is 0. The van der Waals surface area contributed by atoms with Gasteiger partial charge < -0.3 is 14.8 Å². The molecule has 0 unspecified atom stereocenters. The molecule has 0 bridgehead atoms. The fourth-order valence-electron chi connectivity index (χ4n) is 1.48. The maximum Gasteiger partial charge on any atom is 0.119 e. The predicted molar refractivity (Wildman–Crippen MR) is 70.1 cm³/mol. The van der Waals surface area contributed by atoms with Gasteiger partial charge in [0.25, 0.3) is 0 Å². The number of rotatable bonds is 8. The number of nitrogens with zero attached hydrogens (tertiary/aromatic N) is 1. The van der Waals surface area contributed by atoms with Crippen LogP contribution in [0.4, 0.5) is 0 Å². The zero-order valence-electron chi connectivity index (χ0n) is 11.1. The van der Waals surface area contributed by atoms with E-state index in [-0.39, 0.29) is 0 Å². The summed E-state index contributed by atoms with van der Waals surface area (Å²) in [4.78, 5) is 5.77. The van der Waals surface area contributed by atoms with Crippen LogP contribution in [0, 0.1) is 5.92 Å². The Morgan fingerprint density at radius 1 is 1.24 bits per heavy atom. The van der Waals surface area contributed by atoms with Crippen molar-refractivity contribution in [1.29, 1.82) is 0 Å². The van der Waals surface area contributed by atoms with Crippen molar-refractivity contribution in [3.63, 3.8) is 0 Å². The Morgan fingerprint density at radius 3 is 2.53 bits per heavy atom. The molecule has 4 nitrogen and oxygen atoms in total. The minimum absolute atomic E-state index is 0.568. The third-order valence-electron chi connectivity index (χ3n) is 2.21. The van der Waals surface area contributed by atoms with E-state index in [0.29, 0.717) is 19.1 Å². The van der Waals surface area contributed by atoms with E-state index in [2.05, 4.69) is 24.1 Å². The first-order chi connectivity index (χ1) is 8.17. The highest BCUT2D eigenvalue weighted by molar-refractivity contribution is 7.11. The third kappa shape index (κ3) is 5.12. The van der Waals surface area contributed by atoms with Crippen molar-refractivity contribution in [2.24, 2.45) is 5.92 Å². The molecule has 1 aromatic heterocycles. The predicted octanol–water partition coefficient (Wildman–Crippen LogP) is 2.18. The Balaban J connectivity index is 2.60. The second kappa shape index (κ2) is 7.76. The number of hydrogen-bond acceptors (Lipinski definition) is 5. The normalized spacial score (nSPS) is 11.4. The molecule has 0 spiro atoms. The Kier molecular flexibility index (Phi) is 6.65. The molecular weight excluding hydrogens is 236 g/mol. The molecule has 1 heterocycles. The second-order valence-electron chi connectivity index (χ2n) is 4.37. The smallest absolute Gasteiger partial charge is 0.119 e. The van der Waals surface area contributed by atoms with Crippen LogP contribution in [0.15, 0.2) is 0 Å². The molecule has 0 fully saturated rings. The number of nitrogens with one attached hydrogen (secondary N) is 1. The van der Waals surface area contributed by atoms with E-state index >= 15 is 0 Å². The summed E-state index contributed by atoms with van der Waals surface area (Å²) < 4.78 is 10.3. The van der Waals surface area contributed by atoms with Crippen LogP contribution in [0.25, 0.3) is 0 Å². The van der Waals surface area contributed by atoms with Gasteiger partial charge in [0.15, 0.2) is 0 Å². The largest absolute Gasteiger partial charge is 0.378 e. The van der Waals surface area contributed by atoms with Gasteiger partial charge in [0.1, 0.15) is 5.01 Å². The van der Waals surface area contributed by atoms with E-state index in [0.717, 1.165) is 23.8 Å². The molecule has 0 aliphatic heterocycles. The van der Waals surface area contributed by atoms with Crippen molar-refractivity contribution in [2.45, 2.75) is 33.6 Å². The first-order valence-electron chi connectivity index (χ1n) is 5.83. The van der Waals surface area contributed by atoms with Crippen molar-refractivity contribution in [2.75, 3.05) is 20.8 Å². The lowest BCUT2D eigenvalue weighted by molar-refractivity contribution is 0.176. The summed E-state index contributed by atoms with van der Waals surface area (Å²) in [7, 11) is 3.38. The van der Waals surface area contributed by atoms with E-state index in [1.807, 2.05) is 0 Å². The number of methoxy groups -OCH3 is 2. The van der Waals surface area contributed by atoms with Gasteiger partial charge in [0, 0.05) is 25.6 Å². The molecule has 0 aliphatic rings. The van der Waals surface area contributed by atoms with Gasteiger partial charge in [0.2, 0.25) is 0 Å². The first kappa shape index (κ1) is 14.6. The van der Waals surface area contributed by atoms with E-state index in [1.165, 1.54) is 4.88 Å². The molecule has 17 heavy (non-hydrogen) atoms. The lowest BCUT2D eigenvalue weighted by Gasteiger charge is -2.06. The van der Waals surface area contributed by atoms with Crippen LogP contribution in [-0.4, -0.2) is 25.7 Å². The van der Waals surface area contributed by atoms with Crippen molar-refractivity contribution < 1.29 is 9.47 Å². The Hall–Kier alpha value is -0.490. The summed E-state index contributed by atoms with van der Waals surface area (Å²) >= 11 is 1.70. The topological polar surface area (TPSA) is 43.4 Å². The van der Waals surface area contributed by atoms with Gasteiger partial charge in [-0.2, -0.15) is 0 Å². The van der Waals surface area contributed by atoms with Crippen molar-refractivity contribution in [3.05, 3.63) is 15.6 Å². The van der Waals surface area contributed by atoms with E-state index < -0.39 is 0 Å². The molecule has 0 aliphatic carbocycles. The molecule has 0 radical (unpaired) electrons. The van der Waals surface area contributed by atoms with Crippen LogP contribution in [0.5, 0.6) is 0 Å². The molecule has 0 atom stereocenters. The zero-order valence-corrected chi connectivity index (χ0v) is 11.9. The van der Waals surface area contributed by atoms with Crippen molar-refractivity contribution in [3.8, 4) is 0 Å². The van der Waals surface area contributed by atoms with Gasteiger partial charge in [-0.25, -0.2) is 4.98 Å². The molecule has 1 aromatic rings. The SMILES string of the molecule is COCc1nc(COC)c(CNCC(C)C)s1. The Morgan fingerprint density at radius 2 is 1.94 bits per heavy atom. The average Bonchev–Trinajstić information content (AvgIpc) is 2.62. The minimum Gasteiger partial charge on any atom is -0.378 e. The summed E-state index contributed by atoms with van der Waals surface area (Å²) in [5.74, 6) is 0.659. The fraction of sp³-hybridized carbons (Fsp3) is 0.750. The maximum absolute atomic E-state index is 5.16. The van der Waals surface area contributed by atoms with Crippen molar-refractivity contribution in [1.82, 2.24) is 10.3 Å². The van der Waals surface area contributed by atoms with Gasteiger partial charge >= 0.3 is 0 Å². The van der Waals surface area contributed by atoms with Crippen LogP contribution in [0.2, 0.25) is 0 Å². The van der Waals surface area contributed by atoms with Gasteiger partial charge in [-0.3, -0.25) is 0 Å². The highest BCUT2D eigenvalue weighted by Gasteiger charge is 2.10. The molecular formula is C12H22N2O2S. The molecule has 0 aromatic carbocycles.